The number of benzene rings is 1. The predicted octanol–water partition coefficient (Wildman–Crippen LogP) is 1.56. The van der Waals surface area contributed by atoms with Gasteiger partial charge in [0.05, 0.1) is 26.4 Å². The lowest BCUT2D eigenvalue weighted by molar-refractivity contribution is -0.0566. The summed E-state index contributed by atoms with van der Waals surface area (Å²) in [7, 11) is 1.34. The van der Waals surface area contributed by atoms with Crippen LogP contribution in [0.1, 0.15) is 10.4 Å². The molecule has 0 radical (unpaired) electrons. The number of carbonyl (C=O) groups excluding carboxylic acids is 1. The summed E-state index contributed by atoms with van der Waals surface area (Å²) < 4.78 is 23.1. The topological polar surface area (TPSA) is 59.3 Å². The van der Waals surface area contributed by atoms with E-state index in [-0.39, 0.29) is 24.5 Å². The first-order valence-electron chi connectivity index (χ1n) is 5.00. The fraction of sp³-hybridized carbons (Fsp3) is 0.333. The molecular formula is C12H10FNO3. The van der Waals surface area contributed by atoms with Gasteiger partial charge in [-0.05, 0) is 18.2 Å². The lowest BCUT2D eigenvalue weighted by Crippen LogP contribution is -2.47. The van der Waals surface area contributed by atoms with Gasteiger partial charge in [-0.25, -0.2) is 4.39 Å². The first-order chi connectivity index (χ1) is 8.13. The lowest BCUT2D eigenvalue weighted by atomic mass is 9.80. The van der Waals surface area contributed by atoms with Crippen molar-refractivity contribution in [3.8, 4) is 11.8 Å². The molecule has 1 aliphatic heterocycles. The van der Waals surface area contributed by atoms with Crippen molar-refractivity contribution in [1.29, 1.82) is 5.26 Å². The number of hydrogen-bond acceptors (Lipinski definition) is 4. The van der Waals surface area contributed by atoms with E-state index in [9.17, 15) is 9.18 Å². The van der Waals surface area contributed by atoms with E-state index in [1.807, 2.05) is 6.07 Å². The van der Waals surface area contributed by atoms with Gasteiger partial charge in [-0.1, -0.05) is 0 Å². The fourth-order valence-electron chi connectivity index (χ4n) is 1.64. The van der Waals surface area contributed by atoms with Gasteiger partial charge in [0.15, 0.2) is 22.8 Å². The average Bonchev–Trinajstić information content (AvgIpc) is 2.28. The third kappa shape index (κ3) is 1.77. The molecule has 0 N–H and O–H groups in total. The van der Waals surface area contributed by atoms with Crippen LogP contribution in [0.15, 0.2) is 18.2 Å². The minimum atomic E-state index is -1.15. The van der Waals surface area contributed by atoms with E-state index in [4.69, 9.17) is 14.7 Å². The largest absolute Gasteiger partial charge is 0.494 e. The Balaban J connectivity index is 2.32. The maximum absolute atomic E-state index is 13.4. The van der Waals surface area contributed by atoms with E-state index in [0.29, 0.717) is 0 Å². The Kier molecular flexibility index (Phi) is 2.82. The maximum Gasteiger partial charge on any atom is 0.187 e. The lowest BCUT2D eigenvalue weighted by Gasteiger charge is -2.33. The Morgan fingerprint density at radius 2 is 2.29 bits per heavy atom. The predicted molar refractivity (Wildman–Crippen MR) is 56.1 cm³/mol. The van der Waals surface area contributed by atoms with Gasteiger partial charge in [-0.3, -0.25) is 4.79 Å². The number of Topliss-reactive ketones (excluding diaryl/α,β-unsaturated/α-hetero) is 1. The molecule has 5 heteroatoms. The molecule has 4 nitrogen and oxygen atoms in total. The molecule has 1 aromatic carbocycles. The Morgan fingerprint density at radius 3 is 2.71 bits per heavy atom. The van der Waals surface area contributed by atoms with Crippen molar-refractivity contribution in [1.82, 2.24) is 0 Å². The van der Waals surface area contributed by atoms with Crippen LogP contribution in [0, 0.1) is 22.6 Å². The monoisotopic (exact) mass is 235 g/mol. The molecule has 1 aromatic rings. The van der Waals surface area contributed by atoms with Crippen LogP contribution < -0.4 is 4.74 Å². The van der Waals surface area contributed by atoms with Crippen molar-refractivity contribution in [2.24, 2.45) is 5.41 Å². The van der Waals surface area contributed by atoms with Gasteiger partial charge < -0.3 is 9.47 Å². The molecule has 0 atom stereocenters. The molecule has 0 bridgehead atoms. The number of halogens is 1. The molecule has 2 rings (SSSR count). The molecule has 0 amide bonds. The zero-order valence-electron chi connectivity index (χ0n) is 9.20. The van der Waals surface area contributed by atoms with Crippen molar-refractivity contribution in [3.05, 3.63) is 29.6 Å². The first-order valence-corrected chi connectivity index (χ1v) is 5.00. The highest BCUT2D eigenvalue weighted by atomic mass is 19.1. The van der Waals surface area contributed by atoms with Crippen molar-refractivity contribution in [3.63, 3.8) is 0 Å². The third-order valence-corrected chi connectivity index (χ3v) is 2.76. The van der Waals surface area contributed by atoms with Gasteiger partial charge in [0.1, 0.15) is 0 Å². The summed E-state index contributed by atoms with van der Waals surface area (Å²) in [6.07, 6.45) is 0. The number of ketones is 1. The smallest absolute Gasteiger partial charge is 0.187 e. The van der Waals surface area contributed by atoms with E-state index < -0.39 is 17.0 Å². The molecule has 17 heavy (non-hydrogen) atoms. The van der Waals surface area contributed by atoms with E-state index in [1.165, 1.54) is 19.2 Å². The maximum atomic E-state index is 13.4. The Bertz CT molecular complexity index is 503. The highest BCUT2D eigenvalue weighted by molar-refractivity contribution is 6.03. The first kappa shape index (κ1) is 11.6. The van der Waals surface area contributed by atoms with Crippen molar-refractivity contribution in [2.45, 2.75) is 0 Å². The van der Waals surface area contributed by atoms with Gasteiger partial charge in [0, 0.05) is 5.56 Å². The van der Waals surface area contributed by atoms with Crippen molar-refractivity contribution in [2.75, 3.05) is 20.3 Å². The number of methoxy groups -OCH3 is 1. The van der Waals surface area contributed by atoms with Gasteiger partial charge >= 0.3 is 0 Å². The number of nitriles is 1. The third-order valence-electron chi connectivity index (χ3n) is 2.76. The standard InChI is InChI=1S/C12H10FNO3/c1-16-10-3-2-8(4-9(10)13)11(15)12(5-14)6-17-7-12/h2-4H,6-7H2,1H3. The SMILES string of the molecule is COc1ccc(C(=O)C2(C#N)COC2)cc1F. The number of nitrogens with zero attached hydrogens (tertiary/aromatic N) is 1. The number of carbonyl (C=O) groups is 1. The summed E-state index contributed by atoms with van der Waals surface area (Å²) >= 11 is 0. The highest BCUT2D eigenvalue weighted by Crippen LogP contribution is 2.32. The molecule has 0 saturated carbocycles. The van der Waals surface area contributed by atoms with Gasteiger partial charge in [0.25, 0.3) is 0 Å². The molecule has 1 heterocycles. The van der Waals surface area contributed by atoms with Crippen LogP contribution in [0.2, 0.25) is 0 Å². The van der Waals surface area contributed by atoms with Gasteiger partial charge in [-0.15, -0.1) is 0 Å². The normalized spacial score (nSPS) is 16.8. The highest BCUT2D eigenvalue weighted by Gasteiger charge is 2.46. The Morgan fingerprint density at radius 1 is 1.59 bits per heavy atom. The number of hydrogen-bond donors (Lipinski definition) is 0. The summed E-state index contributed by atoms with van der Waals surface area (Å²) in [5.74, 6) is -0.961. The summed E-state index contributed by atoms with van der Waals surface area (Å²) in [6.45, 7) is 0.131. The van der Waals surface area contributed by atoms with Gasteiger partial charge in [0.2, 0.25) is 0 Å². The molecule has 1 fully saturated rings. The van der Waals surface area contributed by atoms with E-state index >= 15 is 0 Å². The molecule has 1 aliphatic rings. The second-order valence-corrected chi connectivity index (χ2v) is 3.87. The molecule has 0 aliphatic carbocycles. The quantitative estimate of drug-likeness (QED) is 0.746. The molecule has 0 unspecified atom stereocenters. The summed E-state index contributed by atoms with van der Waals surface area (Å²) in [4.78, 5) is 12.0. The summed E-state index contributed by atoms with van der Waals surface area (Å²) in [6, 6.07) is 5.83. The van der Waals surface area contributed by atoms with Crippen LogP contribution in [0.3, 0.4) is 0 Å². The van der Waals surface area contributed by atoms with E-state index in [0.717, 1.165) is 6.07 Å². The minimum Gasteiger partial charge on any atom is -0.494 e. The second-order valence-electron chi connectivity index (χ2n) is 3.87. The van der Waals surface area contributed by atoms with Crippen molar-refractivity contribution >= 4 is 5.78 Å². The average molecular weight is 235 g/mol. The fourth-order valence-corrected chi connectivity index (χ4v) is 1.64. The molecule has 88 valence electrons. The van der Waals surface area contributed by atoms with Crippen LogP contribution in [-0.2, 0) is 4.74 Å². The Labute approximate surface area is 97.6 Å². The van der Waals surface area contributed by atoms with Gasteiger partial charge in [-0.2, -0.15) is 5.26 Å². The van der Waals surface area contributed by atoms with E-state index in [2.05, 4.69) is 0 Å². The molecular weight excluding hydrogens is 225 g/mol. The number of rotatable bonds is 3. The van der Waals surface area contributed by atoms with Crippen LogP contribution >= 0.6 is 0 Å². The van der Waals surface area contributed by atoms with Crippen LogP contribution in [0.5, 0.6) is 5.75 Å². The molecule has 1 saturated heterocycles. The zero-order chi connectivity index (χ0) is 12.5. The minimum absolute atomic E-state index is 0.0655. The summed E-state index contributed by atoms with van der Waals surface area (Å²) in [5.41, 5.74) is -0.991. The molecule has 0 aromatic heterocycles. The van der Waals surface area contributed by atoms with Crippen LogP contribution in [-0.4, -0.2) is 26.1 Å². The zero-order valence-corrected chi connectivity index (χ0v) is 9.20. The summed E-state index contributed by atoms with van der Waals surface area (Å²) in [5, 5.41) is 8.97. The molecule has 0 spiro atoms. The van der Waals surface area contributed by atoms with E-state index in [1.54, 1.807) is 0 Å². The second kappa shape index (κ2) is 4.15. The Hall–Kier alpha value is -1.93. The van der Waals surface area contributed by atoms with Crippen LogP contribution in [0.4, 0.5) is 4.39 Å². The van der Waals surface area contributed by atoms with Crippen LogP contribution in [0.25, 0.3) is 0 Å². The number of ether oxygens (including phenoxy) is 2. The van der Waals surface area contributed by atoms with Crippen molar-refractivity contribution < 1.29 is 18.7 Å².